The number of urea groups is 1. The van der Waals surface area contributed by atoms with Crippen LogP contribution in [0.15, 0.2) is 24.3 Å². The highest BCUT2D eigenvalue weighted by Gasteiger charge is 2.30. The fraction of sp³-hybridized carbons (Fsp3) is 0.654. The molecular weight excluding hydrogens is 446 g/mol. The number of amides is 4. The van der Waals surface area contributed by atoms with E-state index in [1.807, 2.05) is 79.7 Å². The standard InChI is InChI=1S/C26H45N5O4/c1-17(2)21(31-25(3,4)5)23(33)30-20(10-9-15-28-24(27)34)22(32)29-19-13-11-18(12-14-19)16-35-26(6,7)8/h11-14,17,20-21,31H,9-10,15-16H2,1-8H3,(H,29,32)(H,30,33)(H3,27,28,34). The Balaban J connectivity index is 2.90. The van der Waals surface area contributed by atoms with Crippen molar-refractivity contribution in [3.8, 4) is 0 Å². The molecule has 35 heavy (non-hydrogen) atoms. The number of hydrogen-bond acceptors (Lipinski definition) is 5. The third-order valence-electron chi connectivity index (χ3n) is 5.03. The molecule has 0 aliphatic carbocycles. The summed E-state index contributed by atoms with van der Waals surface area (Å²) in [6, 6.07) is 5.55. The highest BCUT2D eigenvalue weighted by Crippen LogP contribution is 2.16. The summed E-state index contributed by atoms with van der Waals surface area (Å²) >= 11 is 0. The Morgan fingerprint density at radius 2 is 1.57 bits per heavy atom. The maximum absolute atomic E-state index is 13.1. The van der Waals surface area contributed by atoms with Crippen molar-refractivity contribution in [3.05, 3.63) is 29.8 Å². The van der Waals surface area contributed by atoms with Crippen molar-refractivity contribution in [2.24, 2.45) is 11.7 Å². The maximum Gasteiger partial charge on any atom is 0.312 e. The third-order valence-corrected chi connectivity index (χ3v) is 5.03. The fourth-order valence-corrected chi connectivity index (χ4v) is 3.26. The number of nitrogens with two attached hydrogens (primary N) is 1. The molecule has 0 aliphatic heterocycles. The topological polar surface area (TPSA) is 135 Å². The summed E-state index contributed by atoms with van der Waals surface area (Å²) in [5.74, 6) is -0.542. The molecule has 9 heteroatoms. The summed E-state index contributed by atoms with van der Waals surface area (Å²) in [4.78, 5) is 37.2. The molecule has 198 valence electrons. The van der Waals surface area contributed by atoms with E-state index in [1.165, 1.54) is 0 Å². The second-order valence-corrected chi connectivity index (χ2v) is 11.2. The van der Waals surface area contributed by atoms with Crippen LogP contribution >= 0.6 is 0 Å². The van der Waals surface area contributed by atoms with E-state index in [-0.39, 0.29) is 28.9 Å². The number of hydrogen-bond donors (Lipinski definition) is 5. The predicted octanol–water partition coefficient (Wildman–Crippen LogP) is 3.29. The average Bonchev–Trinajstić information content (AvgIpc) is 2.72. The zero-order valence-electron chi connectivity index (χ0n) is 22.6. The Bertz CT molecular complexity index is 826. The van der Waals surface area contributed by atoms with Crippen LogP contribution in [-0.4, -0.2) is 47.6 Å². The van der Waals surface area contributed by atoms with E-state index < -0.39 is 18.1 Å². The van der Waals surface area contributed by atoms with E-state index in [0.29, 0.717) is 31.7 Å². The smallest absolute Gasteiger partial charge is 0.312 e. The molecule has 0 fully saturated rings. The van der Waals surface area contributed by atoms with Crippen LogP contribution in [0.4, 0.5) is 10.5 Å². The summed E-state index contributed by atoms with van der Waals surface area (Å²) in [6.07, 6.45) is 0.819. The van der Waals surface area contributed by atoms with Gasteiger partial charge in [0.1, 0.15) is 6.04 Å². The first-order valence-electron chi connectivity index (χ1n) is 12.2. The van der Waals surface area contributed by atoms with E-state index in [2.05, 4.69) is 21.3 Å². The van der Waals surface area contributed by atoms with Gasteiger partial charge in [0.05, 0.1) is 18.2 Å². The Kier molecular flexibility index (Phi) is 11.7. The van der Waals surface area contributed by atoms with Gasteiger partial charge < -0.3 is 31.7 Å². The monoisotopic (exact) mass is 491 g/mol. The minimum Gasteiger partial charge on any atom is -0.371 e. The van der Waals surface area contributed by atoms with Crippen molar-refractivity contribution in [2.75, 3.05) is 11.9 Å². The molecule has 0 aliphatic rings. The molecule has 2 atom stereocenters. The molecule has 1 rings (SSSR count). The van der Waals surface area contributed by atoms with Gasteiger partial charge in [-0.25, -0.2) is 4.79 Å². The van der Waals surface area contributed by atoms with E-state index >= 15 is 0 Å². The lowest BCUT2D eigenvalue weighted by atomic mass is 9.98. The molecular formula is C26H45N5O4. The van der Waals surface area contributed by atoms with Gasteiger partial charge in [0.25, 0.3) is 0 Å². The van der Waals surface area contributed by atoms with Crippen LogP contribution in [0.5, 0.6) is 0 Å². The number of ether oxygens (including phenoxy) is 1. The highest BCUT2D eigenvalue weighted by molar-refractivity contribution is 5.97. The minimum atomic E-state index is -0.774. The molecule has 0 saturated heterocycles. The van der Waals surface area contributed by atoms with Gasteiger partial charge in [-0.15, -0.1) is 0 Å². The van der Waals surface area contributed by atoms with Crippen molar-refractivity contribution in [1.29, 1.82) is 0 Å². The predicted molar refractivity (Wildman–Crippen MR) is 140 cm³/mol. The fourth-order valence-electron chi connectivity index (χ4n) is 3.26. The SMILES string of the molecule is CC(C)C(NC(C)(C)C)C(=O)NC(CCCNC(N)=O)C(=O)Nc1ccc(COC(C)(C)C)cc1. The Labute approximate surface area is 210 Å². The van der Waals surface area contributed by atoms with E-state index in [0.717, 1.165) is 5.56 Å². The Morgan fingerprint density at radius 1 is 0.971 bits per heavy atom. The van der Waals surface area contributed by atoms with Crippen LogP contribution in [0.2, 0.25) is 0 Å². The molecule has 0 bridgehead atoms. The number of rotatable bonds is 12. The summed E-state index contributed by atoms with van der Waals surface area (Å²) in [6.45, 7) is 16.7. The number of nitrogens with one attached hydrogen (secondary N) is 4. The van der Waals surface area contributed by atoms with Gasteiger partial charge in [0.15, 0.2) is 0 Å². The molecule has 9 nitrogen and oxygen atoms in total. The van der Waals surface area contributed by atoms with Crippen molar-refractivity contribution >= 4 is 23.5 Å². The van der Waals surface area contributed by atoms with Crippen LogP contribution in [-0.2, 0) is 20.9 Å². The second-order valence-electron chi connectivity index (χ2n) is 11.2. The van der Waals surface area contributed by atoms with E-state index in [4.69, 9.17) is 10.5 Å². The molecule has 1 aromatic carbocycles. The molecule has 0 heterocycles. The van der Waals surface area contributed by atoms with Gasteiger partial charge in [-0.1, -0.05) is 26.0 Å². The Hall–Kier alpha value is -2.65. The number of primary amides is 1. The van der Waals surface area contributed by atoms with Crippen LogP contribution in [0, 0.1) is 5.92 Å². The van der Waals surface area contributed by atoms with Gasteiger partial charge in [0, 0.05) is 17.8 Å². The molecule has 0 aromatic heterocycles. The molecule has 4 amide bonds. The average molecular weight is 492 g/mol. The molecule has 6 N–H and O–H groups in total. The molecule has 2 unspecified atom stereocenters. The number of benzene rings is 1. The number of carbonyl (C=O) groups excluding carboxylic acids is 3. The van der Waals surface area contributed by atoms with Crippen LogP contribution in [0.3, 0.4) is 0 Å². The largest absolute Gasteiger partial charge is 0.371 e. The van der Waals surface area contributed by atoms with Gasteiger partial charge in [-0.05, 0) is 78.0 Å². The van der Waals surface area contributed by atoms with Crippen LogP contribution in [0.25, 0.3) is 0 Å². The van der Waals surface area contributed by atoms with Crippen molar-refractivity contribution in [3.63, 3.8) is 0 Å². The lowest BCUT2D eigenvalue weighted by Gasteiger charge is -2.31. The van der Waals surface area contributed by atoms with Gasteiger partial charge in [-0.2, -0.15) is 0 Å². The summed E-state index contributed by atoms with van der Waals surface area (Å²) in [7, 11) is 0. The summed E-state index contributed by atoms with van der Waals surface area (Å²) in [5, 5.41) is 11.6. The zero-order chi connectivity index (χ0) is 26.8. The quantitative estimate of drug-likeness (QED) is 0.286. The first-order chi connectivity index (χ1) is 16.1. The zero-order valence-corrected chi connectivity index (χ0v) is 22.6. The summed E-state index contributed by atoms with van der Waals surface area (Å²) in [5.41, 5.74) is 6.23. The molecule has 0 radical (unpaired) electrons. The van der Waals surface area contributed by atoms with Crippen molar-refractivity contribution in [2.45, 2.75) is 98.1 Å². The maximum atomic E-state index is 13.1. The molecule has 0 saturated carbocycles. The van der Waals surface area contributed by atoms with E-state index in [9.17, 15) is 14.4 Å². The lowest BCUT2D eigenvalue weighted by Crippen LogP contribution is -2.57. The normalized spacial score (nSPS) is 13.7. The van der Waals surface area contributed by atoms with Crippen LogP contribution < -0.4 is 27.0 Å². The molecule has 1 aromatic rings. The van der Waals surface area contributed by atoms with Gasteiger partial charge >= 0.3 is 6.03 Å². The van der Waals surface area contributed by atoms with Gasteiger partial charge in [0.2, 0.25) is 11.8 Å². The first kappa shape index (κ1) is 30.4. The Morgan fingerprint density at radius 3 is 2.06 bits per heavy atom. The summed E-state index contributed by atoms with van der Waals surface area (Å²) < 4.78 is 5.79. The highest BCUT2D eigenvalue weighted by atomic mass is 16.5. The second kappa shape index (κ2) is 13.4. The van der Waals surface area contributed by atoms with Crippen molar-refractivity contribution in [1.82, 2.24) is 16.0 Å². The minimum absolute atomic E-state index is 0.0253. The van der Waals surface area contributed by atoms with Gasteiger partial charge in [-0.3, -0.25) is 9.59 Å². The third kappa shape index (κ3) is 13.1. The number of anilines is 1. The van der Waals surface area contributed by atoms with Crippen LogP contribution in [0.1, 0.15) is 73.8 Å². The van der Waals surface area contributed by atoms with E-state index in [1.54, 1.807) is 0 Å². The number of carbonyl (C=O) groups is 3. The first-order valence-corrected chi connectivity index (χ1v) is 12.2. The van der Waals surface area contributed by atoms with Crippen molar-refractivity contribution < 1.29 is 19.1 Å². The lowest BCUT2D eigenvalue weighted by molar-refractivity contribution is -0.129. The molecule has 0 spiro atoms.